The van der Waals surface area contributed by atoms with Crippen molar-refractivity contribution in [2.45, 2.75) is 44.4 Å². The van der Waals surface area contributed by atoms with Crippen molar-refractivity contribution < 1.29 is 14.4 Å². The Morgan fingerprint density at radius 1 is 1.00 bits per heavy atom. The SMILES string of the molecule is O=C(CCCN1C(=O)c2ccncc2C1=O)N1CCC(C2c3ncc(Br)cc3CCc3cc(Cl)cc(Cl)c32)CC1. The number of benzene rings is 1. The molecule has 1 fully saturated rings. The summed E-state index contributed by atoms with van der Waals surface area (Å²) in [5.74, 6) is -0.304. The maximum absolute atomic E-state index is 13.1. The monoisotopic (exact) mass is 640 g/mol. The lowest BCUT2D eigenvalue weighted by Gasteiger charge is -2.37. The van der Waals surface area contributed by atoms with Crippen molar-refractivity contribution in [3.05, 3.63) is 90.9 Å². The molecule has 1 saturated heterocycles. The Morgan fingerprint density at radius 2 is 1.75 bits per heavy atom. The first-order chi connectivity index (χ1) is 19.3. The van der Waals surface area contributed by atoms with Gasteiger partial charge in [-0.15, -0.1) is 0 Å². The highest BCUT2D eigenvalue weighted by atomic mass is 79.9. The molecule has 40 heavy (non-hydrogen) atoms. The summed E-state index contributed by atoms with van der Waals surface area (Å²) in [4.78, 5) is 50.2. The summed E-state index contributed by atoms with van der Waals surface area (Å²) >= 11 is 16.8. The molecule has 1 unspecified atom stereocenters. The number of nitrogens with zero attached hydrogens (tertiary/aromatic N) is 4. The Morgan fingerprint density at radius 3 is 2.52 bits per heavy atom. The number of rotatable bonds is 5. The molecular formula is C30H27BrCl2N4O3. The van der Waals surface area contributed by atoms with E-state index in [4.69, 9.17) is 28.2 Å². The van der Waals surface area contributed by atoms with Crippen LogP contribution >= 0.6 is 39.1 Å². The van der Waals surface area contributed by atoms with Crippen molar-refractivity contribution >= 4 is 56.9 Å². The molecule has 1 aromatic carbocycles. The van der Waals surface area contributed by atoms with Crippen LogP contribution in [0.25, 0.3) is 0 Å². The lowest BCUT2D eigenvalue weighted by atomic mass is 9.76. The van der Waals surface area contributed by atoms with E-state index in [9.17, 15) is 14.4 Å². The fourth-order valence-electron chi connectivity index (χ4n) is 6.40. The first-order valence-electron chi connectivity index (χ1n) is 13.5. The number of halogens is 3. The Hall–Kier alpha value is -2.81. The quantitative estimate of drug-likeness (QED) is 0.315. The Balaban J connectivity index is 1.12. The molecule has 1 atom stereocenters. The topological polar surface area (TPSA) is 83.5 Å². The van der Waals surface area contributed by atoms with Crippen molar-refractivity contribution in [1.29, 1.82) is 0 Å². The second-order valence-electron chi connectivity index (χ2n) is 10.6. The molecule has 0 bridgehead atoms. The van der Waals surface area contributed by atoms with Crippen molar-refractivity contribution in [3.63, 3.8) is 0 Å². The van der Waals surface area contributed by atoms with Crippen LogP contribution in [0.5, 0.6) is 0 Å². The summed E-state index contributed by atoms with van der Waals surface area (Å²) in [7, 11) is 0. The largest absolute Gasteiger partial charge is 0.343 e. The molecule has 2 aromatic heterocycles. The third-order valence-corrected chi connectivity index (χ3v) is 9.29. The number of likely N-dealkylation sites (tertiary alicyclic amines) is 1. The van der Waals surface area contributed by atoms with E-state index in [1.165, 1.54) is 28.4 Å². The fourth-order valence-corrected chi connectivity index (χ4v) is 7.43. The maximum Gasteiger partial charge on any atom is 0.263 e. The zero-order chi connectivity index (χ0) is 28.0. The van der Waals surface area contributed by atoms with E-state index >= 15 is 0 Å². The van der Waals surface area contributed by atoms with Gasteiger partial charge in [-0.05, 0) is 94.9 Å². The lowest BCUT2D eigenvalue weighted by Crippen LogP contribution is -2.40. The van der Waals surface area contributed by atoms with Crippen LogP contribution in [0.15, 0.2) is 47.3 Å². The zero-order valence-corrected chi connectivity index (χ0v) is 24.8. The number of carbonyl (C=O) groups excluding carboxylic acids is 3. The fraction of sp³-hybridized carbons (Fsp3) is 0.367. The molecular weight excluding hydrogens is 615 g/mol. The van der Waals surface area contributed by atoms with Crippen LogP contribution in [-0.2, 0) is 17.6 Å². The van der Waals surface area contributed by atoms with E-state index in [0.29, 0.717) is 40.7 Å². The molecule has 10 heteroatoms. The average molecular weight is 642 g/mol. The van der Waals surface area contributed by atoms with Gasteiger partial charge in [0.2, 0.25) is 5.91 Å². The Bertz CT molecular complexity index is 1490. The van der Waals surface area contributed by atoms with E-state index in [1.807, 2.05) is 23.2 Å². The van der Waals surface area contributed by atoms with Gasteiger partial charge >= 0.3 is 0 Å². The molecule has 0 radical (unpaired) electrons. The molecule has 1 aliphatic carbocycles. The summed E-state index contributed by atoms with van der Waals surface area (Å²) < 4.78 is 0.957. The van der Waals surface area contributed by atoms with Crippen LogP contribution in [0.3, 0.4) is 0 Å². The molecule has 7 nitrogen and oxygen atoms in total. The number of aryl methyl sites for hydroxylation is 2. The van der Waals surface area contributed by atoms with Crippen LogP contribution < -0.4 is 0 Å². The molecule has 0 N–H and O–H groups in total. The zero-order valence-electron chi connectivity index (χ0n) is 21.7. The van der Waals surface area contributed by atoms with Crippen LogP contribution in [0, 0.1) is 5.92 Å². The second kappa shape index (κ2) is 11.2. The number of imide groups is 1. The van der Waals surface area contributed by atoms with Crippen LogP contribution in [-0.4, -0.2) is 57.1 Å². The molecule has 3 amide bonds. The lowest BCUT2D eigenvalue weighted by molar-refractivity contribution is -0.132. The number of hydrogen-bond donors (Lipinski definition) is 0. The number of piperidine rings is 1. The summed E-state index contributed by atoms with van der Waals surface area (Å²) in [5, 5.41) is 1.31. The van der Waals surface area contributed by atoms with E-state index in [0.717, 1.165) is 41.4 Å². The first-order valence-corrected chi connectivity index (χ1v) is 15.1. The van der Waals surface area contributed by atoms with E-state index in [1.54, 1.807) is 6.07 Å². The first kappa shape index (κ1) is 27.4. The van der Waals surface area contributed by atoms with Gasteiger partial charge < -0.3 is 4.90 Å². The highest BCUT2D eigenvalue weighted by molar-refractivity contribution is 9.10. The van der Waals surface area contributed by atoms with Crippen LogP contribution in [0.2, 0.25) is 10.0 Å². The molecule has 0 spiro atoms. The predicted molar refractivity (Wildman–Crippen MR) is 156 cm³/mol. The number of hydrogen-bond acceptors (Lipinski definition) is 5. The van der Waals surface area contributed by atoms with Gasteiger partial charge in [-0.3, -0.25) is 29.3 Å². The van der Waals surface area contributed by atoms with Crippen molar-refractivity contribution in [2.75, 3.05) is 19.6 Å². The van der Waals surface area contributed by atoms with Crippen LogP contribution in [0.1, 0.15) is 74.7 Å². The summed E-state index contributed by atoms with van der Waals surface area (Å²) in [6.45, 7) is 1.50. The molecule has 4 heterocycles. The highest BCUT2D eigenvalue weighted by Crippen LogP contribution is 2.46. The van der Waals surface area contributed by atoms with Crippen molar-refractivity contribution in [2.24, 2.45) is 5.92 Å². The molecule has 2 aliphatic heterocycles. The predicted octanol–water partition coefficient (Wildman–Crippen LogP) is 6.09. The number of carbonyl (C=O) groups is 3. The van der Waals surface area contributed by atoms with Gasteiger partial charge in [0.15, 0.2) is 0 Å². The number of amides is 3. The smallest absolute Gasteiger partial charge is 0.263 e. The minimum atomic E-state index is -0.342. The van der Waals surface area contributed by atoms with Gasteiger partial charge in [-0.1, -0.05) is 23.2 Å². The molecule has 206 valence electrons. The van der Waals surface area contributed by atoms with E-state index in [2.05, 4.69) is 27.0 Å². The number of fused-ring (bicyclic) bond motifs is 3. The summed E-state index contributed by atoms with van der Waals surface area (Å²) in [5.41, 5.74) is 5.25. The third-order valence-electron chi connectivity index (χ3n) is 8.33. The maximum atomic E-state index is 13.1. The van der Waals surface area contributed by atoms with Gasteiger partial charge in [0.05, 0.1) is 16.8 Å². The molecule has 0 saturated carbocycles. The second-order valence-corrected chi connectivity index (χ2v) is 12.4. The summed E-state index contributed by atoms with van der Waals surface area (Å²) in [6.07, 6.45) is 8.86. The van der Waals surface area contributed by atoms with Crippen molar-refractivity contribution in [3.8, 4) is 0 Å². The van der Waals surface area contributed by atoms with E-state index in [-0.39, 0.29) is 42.5 Å². The standard InChI is InChI=1S/C30H27BrCl2N4O3/c31-20-12-19-4-3-18-13-21(32)14-24(33)26(18)27(28(19)35-15-20)17-6-10-36(11-7-17)25(38)2-1-9-37-29(39)22-5-8-34-16-23(22)30(37)40/h5,8,12-17,27H,1-4,6-7,9-11H2. The molecule has 3 aromatic rings. The van der Waals surface area contributed by atoms with Gasteiger partial charge in [0.1, 0.15) is 0 Å². The van der Waals surface area contributed by atoms with Gasteiger partial charge in [0.25, 0.3) is 11.8 Å². The summed E-state index contributed by atoms with van der Waals surface area (Å²) in [6, 6.07) is 7.56. The highest BCUT2D eigenvalue weighted by Gasteiger charge is 2.37. The Labute approximate surface area is 251 Å². The average Bonchev–Trinajstić information content (AvgIpc) is 3.08. The normalized spacial score (nSPS) is 18.8. The van der Waals surface area contributed by atoms with Gasteiger partial charge in [-0.2, -0.15) is 0 Å². The third kappa shape index (κ3) is 5.06. The van der Waals surface area contributed by atoms with Crippen molar-refractivity contribution in [1.82, 2.24) is 19.8 Å². The number of pyridine rings is 2. The number of aromatic nitrogens is 2. The van der Waals surface area contributed by atoms with Gasteiger partial charge in [-0.25, -0.2) is 0 Å². The van der Waals surface area contributed by atoms with Crippen LogP contribution in [0.4, 0.5) is 0 Å². The van der Waals surface area contributed by atoms with Gasteiger partial charge in [0, 0.05) is 65.1 Å². The minimum absolute atomic E-state index is 0.0333. The minimum Gasteiger partial charge on any atom is -0.343 e. The van der Waals surface area contributed by atoms with E-state index < -0.39 is 0 Å². The molecule has 6 rings (SSSR count). The molecule has 3 aliphatic rings. The Kier molecular flexibility index (Phi) is 7.68.